The van der Waals surface area contributed by atoms with Gasteiger partial charge in [0.2, 0.25) is 0 Å². The Labute approximate surface area is 151 Å². The molecule has 0 unspecified atom stereocenters. The molecule has 0 atom stereocenters. The fraction of sp³-hybridized carbons (Fsp3) is 0.182. The highest BCUT2D eigenvalue weighted by molar-refractivity contribution is 9.10. The molecule has 0 saturated carbocycles. The molecule has 0 amide bonds. The van der Waals surface area contributed by atoms with Gasteiger partial charge in [-0.2, -0.15) is 0 Å². The highest BCUT2D eigenvalue weighted by Gasteiger charge is 2.17. The number of benzene rings is 3. The monoisotopic (exact) mass is 377 g/mol. The Morgan fingerprint density at radius 2 is 1.38 bits per heavy atom. The number of aromatic nitrogens is 1. The molecule has 0 aliphatic carbocycles. The number of halogens is 1. The number of rotatable bonds is 1. The predicted octanol–water partition coefficient (Wildman–Crippen LogP) is 6.84. The maximum Gasteiger partial charge on any atom is 0.0541 e. The molecule has 24 heavy (non-hydrogen) atoms. The summed E-state index contributed by atoms with van der Waals surface area (Å²) >= 11 is 3.63. The topological polar surface area (TPSA) is 4.93 Å². The number of nitrogens with zero attached hydrogens (tertiary/aromatic N) is 1. The fourth-order valence-electron chi connectivity index (χ4n) is 3.32. The van der Waals surface area contributed by atoms with Gasteiger partial charge in [0.25, 0.3) is 0 Å². The van der Waals surface area contributed by atoms with Crippen molar-refractivity contribution >= 4 is 37.7 Å². The molecule has 2 heteroatoms. The van der Waals surface area contributed by atoms with E-state index < -0.39 is 0 Å². The van der Waals surface area contributed by atoms with Gasteiger partial charge in [0.1, 0.15) is 0 Å². The van der Waals surface area contributed by atoms with Crippen molar-refractivity contribution in [2.24, 2.45) is 0 Å². The Morgan fingerprint density at radius 3 is 2.04 bits per heavy atom. The Bertz CT molecular complexity index is 1040. The van der Waals surface area contributed by atoms with Crippen molar-refractivity contribution < 1.29 is 0 Å². The van der Waals surface area contributed by atoms with Crippen molar-refractivity contribution in [3.05, 3.63) is 76.8 Å². The van der Waals surface area contributed by atoms with Crippen molar-refractivity contribution in [3.8, 4) is 5.69 Å². The first kappa shape index (κ1) is 15.5. The lowest BCUT2D eigenvalue weighted by molar-refractivity contribution is 0.591. The molecule has 0 radical (unpaired) electrons. The molecule has 1 nitrogen and oxygen atoms in total. The van der Waals surface area contributed by atoms with E-state index in [0.717, 1.165) is 4.47 Å². The van der Waals surface area contributed by atoms with Crippen LogP contribution in [0.15, 0.2) is 71.2 Å². The molecule has 120 valence electrons. The van der Waals surface area contributed by atoms with Gasteiger partial charge in [-0.1, -0.05) is 61.0 Å². The zero-order valence-electron chi connectivity index (χ0n) is 14.2. The summed E-state index contributed by atoms with van der Waals surface area (Å²) in [7, 11) is 0. The van der Waals surface area contributed by atoms with E-state index in [0.29, 0.717) is 0 Å². The molecule has 0 aliphatic rings. The standard InChI is InChI=1S/C22H20BrN/c1-22(2,3)15-9-11-20-18(13-15)19-14-16(23)10-12-21(19)24(20)17-7-5-4-6-8-17/h4-14H,1-3H3. The third-order valence-electron chi connectivity index (χ3n) is 4.61. The minimum absolute atomic E-state index is 0.140. The van der Waals surface area contributed by atoms with Crippen molar-refractivity contribution in [1.82, 2.24) is 4.57 Å². The fourth-order valence-corrected chi connectivity index (χ4v) is 3.68. The molecule has 0 fully saturated rings. The van der Waals surface area contributed by atoms with Gasteiger partial charge in [0, 0.05) is 20.9 Å². The summed E-state index contributed by atoms with van der Waals surface area (Å²) in [4.78, 5) is 0. The second-order valence-corrected chi connectivity index (χ2v) is 8.23. The summed E-state index contributed by atoms with van der Waals surface area (Å²) < 4.78 is 3.46. The van der Waals surface area contributed by atoms with Gasteiger partial charge in [-0.05, 0) is 53.4 Å². The van der Waals surface area contributed by atoms with Crippen LogP contribution in [0, 0.1) is 0 Å². The molecule has 4 rings (SSSR count). The Balaban J connectivity index is 2.15. The largest absolute Gasteiger partial charge is 0.309 e. The third-order valence-corrected chi connectivity index (χ3v) is 5.10. The maximum absolute atomic E-state index is 3.63. The van der Waals surface area contributed by atoms with Crippen LogP contribution in [0.1, 0.15) is 26.3 Å². The molecule has 0 bridgehead atoms. The van der Waals surface area contributed by atoms with Crippen LogP contribution in [0.25, 0.3) is 27.5 Å². The zero-order chi connectivity index (χ0) is 16.9. The first-order chi connectivity index (χ1) is 11.4. The smallest absolute Gasteiger partial charge is 0.0541 e. The first-order valence-electron chi connectivity index (χ1n) is 8.25. The minimum atomic E-state index is 0.140. The third kappa shape index (κ3) is 2.46. The average Bonchev–Trinajstić information content (AvgIpc) is 2.88. The molecular weight excluding hydrogens is 358 g/mol. The van der Waals surface area contributed by atoms with Gasteiger partial charge >= 0.3 is 0 Å². The Hall–Kier alpha value is -2.06. The molecular formula is C22H20BrN. The van der Waals surface area contributed by atoms with Crippen LogP contribution in [0.3, 0.4) is 0 Å². The van der Waals surface area contributed by atoms with E-state index in [2.05, 4.69) is 108 Å². The van der Waals surface area contributed by atoms with Crippen molar-refractivity contribution in [2.75, 3.05) is 0 Å². The summed E-state index contributed by atoms with van der Waals surface area (Å²) in [6, 6.07) is 24.0. The van der Waals surface area contributed by atoms with E-state index in [1.165, 1.54) is 33.1 Å². The second kappa shape index (κ2) is 5.49. The SMILES string of the molecule is CC(C)(C)c1ccc2c(c1)c1cc(Br)ccc1n2-c1ccccc1. The van der Waals surface area contributed by atoms with Crippen molar-refractivity contribution in [2.45, 2.75) is 26.2 Å². The molecule has 1 heterocycles. The predicted molar refractivity (Wildman–Crippen MR) is 107 cm³/mol. The summed E-state index contributed by atoms with van der Waals surface area (Å²) in [5.41, 5.74) is 5.19. The Morgan fingerprint density at radius 1 is 0.750 bits per heavy atom. The van der Waals surface area contributed by atoms with Gasteiger partial charge < -0.3 is 4.57 Å². The van der Waals surface area contributed by atoms with Crippen LogP contribution < -0.4 is 0 Å². The van der Waals surface area contributed by atoms with Crippen LogP contribution >= 0.6 is 15.9 Å². The normalized spacial score (nSPS) is 12.2. The van der Waals surface area contributed by atoms with Crippen LogP contribution in [0.2, 0.25) is 0 Å². The van der Waals surface area contributed by atoms with Gasteiger partial charge in [0.05, 0.1) is 11.0 Å². The van der Waals surface area contributed by atoms with Crippen LogP contribution in [-0.4, -0.2) is 4.57 Å². The van der Waals surface area contributed by atoms with Gasteiger partial charge in [-0.25, -0.2) is 0 Å². The van der Waals surface area contributed by atoms with Gasteiger partial charge in [0.15, 0.2) is 0 Å². The molecule has 1 aromatic heterocycles. The maximum atomic E-state index is 3.63. The molecule has 0 N–H and O–H groups in total. The second-order valence-electron chi connectivity index (χ2n) is 7.31. The average molecular weight is 378 g/mol. The van der Waals surface area contributed by atoms with Crippen molar-refractivity contribution in [3.63, 3.8) is 0 Å². The molecule has 0 spiro atoms. The lowest BCUT2D eigenvalue weighted by Gasteiger charge is -2.19. The quantitative estimate of drug-likeness (QED) is 0.342. The number of hydrogen-bond acceptors (Lipinski definition) is 0. The zero-order valence-corrected chi connectivity index (χ0v) is 15.8. The minimum Gasteiger partial charge on any atom is -0.309 e. The van der Waals surface area contributed by atoms with Crippen LogP contribution in [0.4, 0.5) is 0 Å². The lowest BCUT2D eigenvalue weighted by atomic mass is 9.86. The van der Waals surface area contributed by atoms with E-state index in [9.17, 15) is 0 Å². The molecule has 3 aromatic carbocycles. The summed E-state index contributed by atoms with van der Waals surface area (Å²) in [6.07, 6.45) is 0. The van der Waals surface area contributed by atoms with Gasteiger partial charge in [-0.3, -0.25) is 0 Å². The first-order valence-corrected chi connectivity index (χ1v) is 9.04. The van der Waals surface area contributed by atoms with E-state index >= 15 is 0 Å². The lowest BCUT2D eigenvalue weighted by Crippen LogP contribution is -2.10. The molecule has 0 saturated heterocycles. The summed E-state index contributed by atoms with van der Waals surface area (Å²) in [6.45, 7) is 6.79. The molecule has 4 aromatic rings. The number of fused-ring (bicyclic) bond motifs is 3. The van der Waals surface area contributed by atoms with Gasteiger partial charge in [-0.15, -0.1) is 0 Å². The van der Waals surface area contributed by atoms with Crippen LogP contribution in [-0.2, 0) is 5.41 Å². The van der Waals surface area contributed by atoms with E-state index in [4.69, 9.17) is 0 Å². The summed E-state index contributed by atoms with van der Waals surface area (Å²) in [5.74, 6) is 0. The van der Waals surface area contributed by atoms with Crippen LogP contribution in [0.5, 0.6) is 0 Å². The number of hydrogen-bond donors (Lipinski definition) is 0. The van der Waals surface area contributed by atoms with E-state index in [-0.39, 0.29) is 5.41 Å². The summed E-state index contributed by atoms with van der Waals surface area (Å²) in [5, 5.41) is 2.59. The Kier molecular flexibility index (Phi) is 3.54. The van der Waals surface area contributed by atoms with E-state index in [1.54, 1.807) is 0 Å². The van der Waals surface area contributed by atoms with Crippen molar-refractivity contribution in [1.29, 1.82) is 0 Å². The highest BCUT2D eigenvalue weighted by atomic mass is 79.9. The highest BCUT2D eigenvalue weighted by Crippen LogP contribution is 2.36. The number of para-hydroxylation sites is 1. The molecule has 0 aliphatic heterocycles. The van der Waals surface area contributed by atoms with E-state index in [1.807, 2.05) is 0 Å².